The lowest BCUT2D eigenvalue weighted by Crippen LogP contribution is -2.27. The first-order chi connectivity index (χ1) is 15.1. The van der Waals surface area contributed by atoms with Gasteiger partial charge in [0.05, 0.1) is 17.2 Å². The molecule has 0 saturated carbocycles. The fraction of sp³-hybridized carbons (Fsp3) is 0.0833. The molecule has 3 aromatic carbocycles. The summed E-state index contributed by atoms with van der Waals surface area (Å²) in [7, 11) is 0. The van der Waals surface area contributed by atoms with Crippen LogP contribution >= 0.6 is 47.3 Å². The molecule has 0 aromatic heterocycles. The zero-order valence-corrected chi connectivity index (χ0v) is 19.6. The Hall–Kier alpha value is -2.25. The average molecular weight is 484 g/mol. The van der Waals surface area contributed by atoms with Crippen molar-refractivity contribution < 1.29 is 9.53 Å². The number of para-hydroxylation sites is 1. The van der Waals surface area contributed by atoms with Crippen molar-refractivity contribution in [2.45, 2.75) is 4.90 Å². The van der Waals surface area contributed by atoms with Crippen LogP contribution < -0.4 is 9.64 Å². The second-order valence-corrected chi connectivity index (χ2v) is 9.85. The topological polar surface area (TPSA) is 29.5 Å². The zero-order valence-electron chi connectivity index (χ0n) is 16.4. The number of anilines is 1. The van der Waals surface area contributed by atoms with Gasteiger partial charge in [0.25, 0.3) is 5.91 Å². The number of thiocarbonyl (C=S) groups is 1. The van der Waals surface area contributed by atoms with Crippen molar-refractivity contribution in [2.75, 3.05) is 17.3 Å². The van der Waals surface area contributed by atoms with Gasteiger partial charge in [-0.1, -0.05) is 65.9 Å². The summed E-state index contributed by atoms with van der Waals surface area (Å²) in [5.41, 5.74) is 1.71. The van der Waals surface area contributed by atoms with Crippen molar-refractivity contribution in [3.8, 4) is 5.75 Å². The summed E-state index contributed by atoms with van der Waals surface area (Å²) in [5.74, 6) is 1.54. The first-order valence-corrected chi connectivity index (χ1v) is 12.1. The molecule has 1 amide bonds. The molecule has 31 heavy (non-hydrogen) atoms. The minimum atomic E-state index is -0.0965. The van der Waals surface area contributed by atoms with Crippen molar-refractivity contribution in [1.82, 2.24) is 0 Å². The van der Waals surface area contributed by atoms with Crippen LogP contribution in [0.2, 0.25) is 5.02 Å². The van der Waals surface area contributed by atoms with E-state index < -0.39 is 0 Å². The highest BCUT2D eigenvalue weighted by Crippen LogP contribution is 2.36. The van der Waals surface area contributed by atoms with E-state index in [0.29, 0.717) is 15.8 Å². The summed E-state index contributed by atoms with van der Waals surface area (Å²) < 4.78 is 6.36. The molecule has 3 nitrogen and oxygen atoms in total. The number of hydrogen-bond donors (Lipinski definition) is 0. The third kappa shape index (κ3) is 5.71. The van der Waals surface area contributed by atoms with Gasteiger partial charge in [0.1, 0.15) is 5.75 Å². The summed E-state index contributed by atoms with van der Waals surface area (Å²) in [5, 5.41) is 0.739. The Labute approximate surface area is 200 Å². The Kier molecular flexibility index (Phi) is 7.35. The van der Waals surface area contributed by atoms with Crippen LogP contribution in [0.15, 0.2) is 88.7 Å². The zero-order chi connectivity index (χ0) is 21.6. The third-order valence-corrected chi connectivity index (χ3v) is 6.95. The highest BCUT2D eigenvalue weighted by molar-refractivity contribution is 8.27. The number of thioether (sulfide) groups is 2. The summed E-state index contributed by atoms with van der Waals surface area (Å²) >= 11 is 14.4. The van der Waals surface area contributed by atoms with E-state index in [-0.39, 0.29) is 5.91 Å². The van der Waals surface area contributed by atoms with E-state index in [1.165, 1.54) is 11.8 Å². The van der Waals surface area contributed by atoms with Crippen LogP contribution in [0.1, 0.15) is 5.56 Å². The molecule has 4 rings (SSSR count). The third-order valence-electron chi connectivity index (χ3n) is 4.42. The SMILES string of the molecule is O=C1/C(=C/c2ccc(OCCSc3ccc(Cl)cc3)cc2)SC(=S)N1c1ccccc1. The van der Waals surface area contributed by atoms with E-state index in [4.69, 9.17) is 28.6 Å². The van der Waals surface area contributed by atoms with Gasteiger partial charge in [-0.2, -0.15) is 0 Å². The molecular weight excluding hydrogens is 466 g/mol. The Morgan fingerprint density at radius 2 is 1.71 bits per heavy atom. The molecule has 1 fully saturated rings. The molecule has 1 heterocycles. The van der Waals surface area contributed by atoms with E-state index in [9.17, 15) is 4.79 Å². The van der Waals surface area contributed by atoms with Gasteiger partial charge in [-0.05, 0) is 60.2 Å². The molecule has 0 N–H and O–H groups in total. The molecule has 0 radical (unpaired) electrons. The maximum atomic E-state index is 12.8. The number of ether oxygens (including phenoxy) is 1. The standard InChI is InChI=1S/C24H18ClNO2S3/c25-18-8-12-21(13-9-18)30-15-14-28-20-10-6-17(7-11-20)16-22-23(27)26(24(29)31-22)19-4-2-1-3-5-19/h1-13,16H,14-15H2/b22-16-. The van der Waals surface area contributed by atoms with Gasteiger partial charge < -0.3 is 4.74 Å². The number of amides is 1. The largest absolute Gasteiger partial charge is 0.493 e. The van der Waals surface area contributed by atoms with Gasteiger partial charge in [0, 0.05) is 15.7 Å². The lowest BCUT2D eigenvalue weighted by atomic mass is 10.2. The molecule has 0 aliphatic carbocycles. The van der Waals surface area contributed by atoms with Crippen molar-refractivity contribution in [3.05, 3.63) is 94.4 Å². The van der Waals surface area contributed by atoms with Crippen molar-refractivity contribution in [1.29, 1.82) is 0 Å². The van der Waals surface area contributed by atoms with E-state index in [2.05, 4.69) is 0 Å². The summed E-state index contributed by atoms with van der Waals surface area (Å²) in [6, 6.07) is 24.9. The van der Waals surface area contributed by atoms with Gasteiger partial charge in [-0.15, -0.1) is 11.8 Å². The van der Waals surface area contributed by atoms with Gasteiger partial charge in [0.15, 0.2) is 4.32 Å². The van der Waals surface area contributed by atoms with E-state index in [1.807, 2.05) is 84.9 Å². The smallest absolute Gasteiger partial charge is 0.270 e. The molecule has 7 heteroatoms. The van der Waals surface area contributed by atoms with Crippen LogP contribution in [0, 0.1) is 0 Å². The Morgan fingerprint density at radius 1 is 1.00 bits per heavy atom. The number of carbonyl (C=O) groups excluding carboxylic acids is 1. The van der Waals surface area contributed by atoms with Crippen LogP contribution in [0.4, 0.5) is 5.69 Å². The van der Waals surface area contributed by atoms with Gasteiger partial charge in [-0.3, -0.25) is 9.69 Å². The van der Waals surface area contributed by atoms with Gasteiger partial charge in [-0.25, -0.2) is 0 Å². The number of nitrogens with zero attached hydrogens (tertiary/aromatic N) is 1. The summed E-state index contributed by atoms with van der Waals surface area (Å²) in [6.07, 6.45) is 1.86. The molecule has 1 aliphatic rings. The average Bonchev–Trinajstić information content (AvgIpc) is 3.07. The van der Waals surface area contributed by atoms with Crippen LogP contribution in [-0.4, -0.2) is 22.6 Å². The first-order valence-electron chi connectivity index (χ1n) is 9.54. The maximum Gasteiger partial charge on any atom is 0.270 e. The number of rotatable bonds is 7. The van der Waals surface area contributed by atoms with Crippen LogP contribution in [0.5, 0.6) is 5.75 Å². The highest BCUT2D eigenvalue weighted by atomic mass is 35.5. The molecule has 0 spiro atoms. The first kappa shape index (κ1) is 22.0. The van der Waals surface area contributed by atoms with Crippen molar-refractivity contribution in [3.63, 3.8) is 0 Å². The summed E-state index contributed by atoms with van der Waals surface area (Å²) in [6.45, 7) is 0.600. The highest BCUT2D eigenvalue weighted by Gasteiger charge is 2.33. The second-order valence-electron chi connectivity index (χ2n) is 6.57. The van der Waals surface area contributed by atoms with E-state index >= 15 is 0 Å². The number of benzene rings is 3. The number of hydrogen-bond acceptors (Lipinski definition) is 5. The fourth-order valence-corrected chi connectivity index (χ4v) is 5.08. The molecule has 3 aromatic rings. The van der Waals surface area contributed by atoms with Crippen LogP contribution in [0.3, 0.4) is 0 Å². The van der Waals surface area contributed by atoms with Crippen molar-refractivity contribution >= 4 is 69.3 Å². The minimum Gasteiger partial charge on any atom is -0.493 e. The van der Waals surface area contributed by atoms with E-state index in [0.717, 1.165) is 32.7 Å². The predicted octanol–water partition coefficient (Wildman–Crippen LogP) is 6.92. The summed E-state index contributed by atoms with van der Waals surface area (Å²) in [4.78, 5) is 16.2. The molecule has 1 aliphatic heterocycles. The maximum absolute atomic E-state index is 12.8. The lowest BCUT2D eigenvalue weighted by Gasteiger charge is -2.13. The molecular formula is C24H18ClNO2S3. The van der Waals surface area contributed by atoms with Crippen LogP contribution in [-0.2, 0) is 4.79 Å². The number of carbonyl (C=O) groups is 1. The molecule has 0 atom stereocenters. The monoisotopic (exact) mass is 483 g/mol. The number of halogens is 1. The molecule has 0 unspecified atom stereocenters. The Bertz CT molecular complexity index is 1100. The fourth-order valence-electron chi connectivity index (χ4n) is 2.93. The molecule has 0 bridgehead atoms. The lowest BCUT2D eigenvalue weighted by molar-refractivity contribution is -0.113. The van der Waals surface area contributed by atoms with Crippen LogP contribution in [0.25, 0.3) is 6.08 Å². The second kappa shape index (κ2) is 10.4. The minimum absolute atomic E-state index is 0.0965. The Balaban J connectivity index is 1.33. The predicted molar refractivity (Wildman–Crippen MR) is 136 cm³/mol. The molecule has 1 saturated heterocycles. The molecule has 156 valence electrons. The van der Waals surface area contributed by atoms with Crippen molar-refractivity contribution in [2.24, 2.45) is 0 Å². The van der Waals surface area contributed by atoms with Gasteiger partial charge in [0.2, 0.25) is 0 Å². The quantitative estimate of drug-likeness (QED) is 0.157. The normalized spacial score (nSPS) is 15.0. The van der Waals surface area contributed by atoms with Gasteiger partial charge >= 0.3 is 0 Å². The Morgan fingerprint density at radius 3 is 2.42 bits per heavy atom. The van der Waals surface area contributed by atoms with E-state index in [1.54, 1.807) is 16.7 Å².